The Morgan fingerprint density at radius 2 is 1.89 bits per heavy atom. The van der Waals surface area contributed by atoms with Gasteiger partial charge in [0.15, 0.2) is 5.78 Å². The number of urea groups is 1. The minimum Gasteiger partial charge on any atom is -0.313 e. The van der Waals surface area contributed by atoms with Gasteiger partial charge in [0.05, 0.1) is 6.54 Å². The summed E-state index contributed by atoms with van der Waals surface area (Å²) < 4.78 is 0. The summed E-state index contributed by atoms with van der Waals surface area (Å²) in [6.07, 6.45) is 8.16. The van der Waals surface area contributed by atoms with E-state index in [2.05, 4.69) is 19.1 Å². The van der Waals surface area contributed by atoms with Crippen LogP contribution in [-0.2, 0) is 4.79 Å². The van der Waals surface area contributed by atoms with Gasteiger partial charge in [0.1, 0.15) is 5.54 Å². The molecule has 27 heavy (non-hydrogen) atoms. The van der Waals surface area contributed by atoms with E-state index >= 15 is 0 Å². The van der Waals surface area contributed by atoms with Crippen LogP contribution in [-0.4, -0.2) is 46.7 Å². The number of hydrogen-bond acceptors (Lipinski definition) is 3. The molecular formula is C22H28N2O3. The monoisotopic (exact) mass is 368 g/mol. The van der Waals surface area contributed by atoms with Crippen molar-refractivity contribution in [3.8, 4) is 0 Å². The first-order valence-electron chi connectivity index (χ1n) is 9.74. The molecule has 1 unspecified atom stereocenters. The second-order valence-electron chi connectivity index (χ2n) is 7.78. The molecule has 1 heterocycles. The van der Waals surface area contributed by atoms with E-state index in [0.717, 1.165) is 30.6 Å². The fraction of sp³-hybridized carbons (Fsp3) is 0.500. The Hall–Kier alpha value is -2.43. The van der Waals surface area contributed by atoms with Crippen molar-refractivity contribution in [3.63, 3.8) is 0 Å². The van der Waals surface area contributed by atoms with Crippen molar-refractivity contribution in [2.45, 2.75) is 45.1 Å². The maximum Gasteiger partial charge on any atom is 0.327 e. The fourth-order valence-electron chi connectivity index (χ4n) is 4.25. The molecular weight excluding hydrogens is 340 g/mol. The number of hydrogen-bond donors (Lipinski definition) is 0. The topological polar surface area (TPSA) is 57.7 Å². The summed E-state index contributed by atoms with van der Waals surface area (Å²) in [5.74, 6) is 0.116. The molecule has 5 nitrogen and oxygen atoms in total. The number of allylic oxidation sites excluding steroid dienone is 2. The number of ketones is 1. The van der Waals surface area contributed by atoms with Crippen molar-refractivity contribution < 1.29 is 14.4 Å². The number of imide groups is 1. The number of carbonyl (C=O) groups excluding carboxylic acids is 3. The summed E-state index contributed by atoms with van der Waals surface area (Å²) in [4.78, 5) is 41.3. The summed E-state index contributed by atoms with van der Waals surface area (Å²) in [5.41, 5.74) is -0.390. The van der Waals surface area contributed by atoms with Gasteiger partial charge < -0.3 is 4.90 Å². The number of rotatable bonds is 5. The van der Waals surface area contributed by atoms with E-state index in [1.165, 1.54) is 0 Å². The lowest BCUT2D eigenvalue weighted by atomic mass is 9.79. The molecule has 0 aromatic heterocycles. The van der Waals surface area contributed by atoms with Crippen molar-refractivity contribution in [2.75, 3.05) is 13.6 Å². The summed E-state index contributed by atoms with van der Waals surface area (Å²) in [6, 6.07) is 8.41. The van der Waals surface area contributed by atoms with Crippen LogP contribution >= 0.6 is 0 Å². The van der Waals surface area contributed by atoms with Crippen LogP contribution < -0.4 is 0 Å². The van der Waals surface area contributed by atoms with E-state index in [1.54, 1.807) is 36.2 Å². The van der Waals surface area contributed by atoms with Crippen LogP contribution in [0.3, 0.4) is 0 Å². The van der Waals surface area contributed by atoms with Gasteiger partial charge in [0, 0.05) is 12.6 Å². The highest BCUT2D eigenvalue weighted by atomic mass is 16.2. The van der Waals surface area contributed by atoms with Gasteiger partial charge >= 0.3 is 6.03 Å². The molecule has 3 rings (SSSR count). The zero-order valence-corrected chi connectivity index (χ0v) is 16.4. The van der Waals surface area contributed by atoms with Gasteiger partial charge in [0.2, 0.25) is 0 Å². The Balaban J connectivity index is 1.80. The first kappa shape index (κ1) is 19.3. The van der Waals surface area contributed by atoms with Crippen LogP contribution in [0.15, 0.2) is 42.5 Å². The van der Waals surface area contributed by atoms with Crippen molar-refractivity contribution in [2.24, 2.45) is 11.8 Å². The van der Waals surface area contributed by atoms with Gasteiger partial charge in [-0.1, -0.05) is 49.4 Å². The number of nitrogens with zero attached hydrogens (tertiary/aromatic N) is 2. The summed E-state index contributed by atoms with van der Waals surface area (Å²) >= 11 is 0. The van der Waals surface area contributed by atoms with Crippen LogP contribution in [0.4, 0.5) is 4.79 Å². The smallest absolute Gasteiger partial charge is 0.313 e. The highest BCUT2D eigenvalue weighted by molar-refractivity contribution is 6.11. The third-order valence-corrected chi connectivity index (χ3v) is 6.32. The molecule has 0 radical (unpaired) electrons. The van der Waals surface area contributed by atoms with Crippen molar-refractivity contribution in [1.82, 2.24) is 9.80 Å². The molecule has 0 saturated carbocycles. The lowest BCUT2D eigenvalue weighted by Crippen LogP contribution is -2.51. The molecule has 1 fully saturated rings. The average molecular weight is 368 g/mol. The number of Topliss-reactive ketones (excluding diaryl/α,β-unsaturated/α-hetero) is 1. The van der Waals surface area contributed by atoms with Crippen molar-refractivity contribution >= 4 is 17.7 Å². The highest BCUT2D eigenvalue weighted by Crippen LogP contribution is 2.40. The lowest BCUT2D eigenvalue weighted by Gasteiger charge is -2.36. The predicted octanol–water partition coefficient (Wildman–Crippen LogP) is 3.90. The molecule has 1 saturated heterocycles. The molecule has 0 spiro atoms. The van der Waals surface area contributed by atoms with Crippen LogP contribution in [0.2, 0.25) is 0 Å². The molecule has 1 aromatic carbocycles. The largest absolute Gasteiger partial charge is 0.327 e. The molecule has 1 aliphatic heterocycles. The quantitative estimate of drug-likeness (QED) is 0.450. The van der Waals surface area contributed by atoms with E-state index in [-0.39, 0.29) is 30.2 Å². The normalized spacial score (nSPS) is 28.6. The van der Waals surface area contributed by atoms with E-state index in [0.29, 0.717) is 11.5 Å². The molecule has 1 aliphatic carbocycles. The number of likely N-dealkylation sites (N-methyl/N-ethyl adjacent to an activating group) is 1. The first-order chi connectivity index (χ1) is 12.9. The fourth-order valence-corrected chi connectivity index (χ4v) is 4.25. The first-order valence-corrected chi connectivity index (χ1v) is 9.74. The Morgan fingerprint density at radius 3 is 2.56 bits per heavy atom. The molecule has 0 bridgehead atoms. The minimum atomic E-state index is -0.902. The van der Waals surface area contributed by atoms with Crippen LogP contribution in [0.5, 0.6) is 0 Å². The Morgan fingerprint density at radius 1 is 1.19 bits per heavy atom. The van der Waals surface area contributed by atoms with E-state index in [9.17, 15) is 14.4 Å². The number of carbonyl (C=O) groups is 3. The summed E-state index contributed by atoms with van der Waals surface area (Å²) in [5, 5.41) is 0. The second-order valence-corrected chi connectivity index (χ2v) is 7.78. The SMILES string of the molecule is CC[C@@H]1C=CC[C@@H](C2(C)C(=O)N(CC(=O)c3ccccc3)C(=O)N2C)CC1. The van der Waals surface area contributed by atoms with Crippen molar-refractivity contribution in [1.29, 1.82) is 0 Å². The minimum absolute atomic E-state index is 0.0589. The Labute approximate surface area is 161 Å². The molecule has 3 amide bonds. The van der Waals surface area contributed by atoms with Gasteiger partial charge in [0.25, 0.3) is 5.91 Å². The Bertz CT molecular complexity index is 758. The zero-order valence-electron chi connectivity index (χ0n) is 16.4. The van der Waals surface area contributed by atoms with Gasteiger partial charge in [-0.05, 0) is 44.4 Å². The molecule has 1 aromatic rings. The van der Waals surface area contributed by atoms with E-state index < -0.39 is 5.54 Å². The molecule has 144 valence electrons. The summed E-state index contributed by atoms with van der Waals surface area (Å²) in [6.45, 7) is 3.82. The third kappa shape index (κ3) is 3.43. The standard InChI is InChI=1S/C22H28N2O3/c1-4-16-9-8-12-18(14-13-16)22(2)20(26)24(21(27)23(22)3)15-19(25)17-10-6-5-7-11-17/h5-11,16,18H,4,12-15H2,1-3H3/t16-,18-,22?/m1/s1. The molecule has 5 heteroatoms. The number of benzene rings is 1. The van der Waals surface area contributed by atoms with Gasteiger partial charge in [-0.3, -0.25) is 14.5 Å². The molecule has 3 atom stereocenters. The second kappa shape index (κ2) is 7.67. The maximum absolute atomic E-state index is 13.3. The van der Waals surface area contributed by atoms with Crippen LogP contribution in [0, 0.1) is 11.8 Å². The van der Waals surface area contributed by atoms with E-state index in [4.69, 9.17) is 0 Å². The van der Waals surface area contributed by atoms with E-state index in [1.807, 2.05) is 13.0 Å². The van der Waals surface area contributed by atoms with Gasteiger partial charge in [-0.2, -0.15) is 0 Å². The summed E-state index contributed by atoms with van der Waals surface area (Å²) in [7, 11) is 1.68. The molecule has 2 aliphatic rings. The maximum atomic E-state index is 13.3. The molecule has 0 N–H and O–H groups in total. The lowest BCUT2D eigenvalue weighted by molar-refractivity contribution is -0.134. The van der Waals surface area contributed by atoms with Crippen molar-refractivity contribution in [3.05, 3.63) is 48.0 Å². The average Bonchev–Trinajstić information content (AvgIpc) is 2.90. The number of amides is 3. The predicted molar refractivity (Wildman–Crippen MR) is 104 cm³/mol. The highest BCUT2D eigenvalue weighted by Gasteiger charge is 2.56. The third-order valence-electron chi connectivity index (χ3n) is 6.32. The van der Waals surface area contributed by atoms with Crippen LogP contribution in [0.25, 0.3) is 0 Å². The Kier molecular flexibility index (Phi) is 5.49. The van der Waals surface area contributed by atoms with Crippen LogP contribution in [0.1, 0.15) is 49.9 Å². The van der Waals surface area contributed by atoms with Gasteiger partial charge in [-0.15, -0.1) is 0 Å². The zero-order chi connectivity index (χ0) is 19.6. The van der Waals surface area contributed by atoms with Gasteiger partial charge in [-0.25, -0.2) is 4.79 Å².